The van der Waals surface area contributed by atoms with Crippen molar-refractivity contribution in [1.29, 1.82) is 0 Å². The van der Waals surface area contributed by atoms with Crippen LogP contribution in [-0.4, -0.2) is 22.1 Å². The first-order chi connectivity index (χ1) is 3.73. The Hall–Kier alpha value is 0.544. The predicted octanol–water partition coefficient (Wildman–Crippen LogP) is -2.16. The van der Waals surface area contributed by atoms with Crippen molar-refractivity contribution < 1.29 is 48.6 Å². The summed E-state index contributed by atoms with van der Waals surface area (Å²) in [6.45, 7) is 0. The SMILES string of the molecule is O=P(O)(O)O.[O]=[Ti]([OH])[OH]. The second-order valence-electron chi connectivity index (χ2n) is 0.796. The molecule has 0 amide bonds. The first kappa shape index (κ1) is 12.2. The molecule has 0 aliphatic rings. The van der Waals surface area contributed by atoms with Crippen LogP contribution in [-0.2, 0) is 26.5 Å². The maximum atomic E-state index is 8.88. The molecule has 0 aliphatic heterocycles. The van der Waals surface area contributed by atoms with Gasteiger partial charge in [0.25, 0.3) is 0 Å². The Morgan fingerprint density at radius 3 is 1.11 bits per heavy atom. The van der Waals surface area contributed by atoms with Crippen molar-refractivity contribution in [3.05, 3.63) is 0 Å². The first-order valence-electron chi connectivity index (χ1n) is 1.43. The van der Waals surface area contributed by atoms with E-state index in [0.717, 1.165) is 0 Å². The third kappa shape index (κ3) is 1240. The van der Waals surface area contributed by atoms with Crippen molar-refractivity contribution in [1.82, 2.24) is 0 Å². The summed E-state index contributed by atoms with van der Waals surface area (Å²) >= 11 is -3.58. The van der Waals surface area contributed by atoms with E-state index in [1.54, 1.807) is 0 Å². The number of hydrogen-bond donors (Lipinski definition) is 5. The van der Waals surface area contributed by atoms with Crippen LogP contribution in [0.3, 0.4) is 0 Å². The second-order valence-corrected chi connectivity index (χ2v) is 2.70. The van der Waals surface area contributed by atoms with Crippen LogP contribution < -0.4 is 0 Å². The van der Waals surface area contributed by atoms with Gasteiger partial charge in [0.15, 0.2) is 0 Å². The molecule has 0 aliphatic carbocycles. The van der Waals surface area contributed by atoms with Crippen LogP contribution in [0.1, 0.15) is 0 Å². The van der Waals surface area contributed by atoms with Crippen LogP contribution in [0.2, 0.25) is 0 Å². The Bertz CT molecular complexity index is 109. The zero-order valence-electron chi connectivity index (χ0n) is 4.00. The van der Waals surface area contributed by atoms with E-state index in [1.807, 2.05) is 0 Å². The Labute approximate surface area is 56.9 Å². The van der Waals surface area contributed by atoms with Gasteiger partial charge in [-0.1, -0.05) is 0 Å². The molecule has 7 nitrogen and oxygen atoms in total. The second kappa shape index (κ2) is 5.34. The molecule has 5 N–H and O–H groups in total. The van der Waals surface area contributed by atoms with Gasteiger partial charge in [0.05, 0.1) is 0 Å². The molecule has 0 fully saturated rings. The van der Waals surface area contributed by atoms with Crippen molar-refractivity contribution in [2.45, 2.75) is 0 Å². The van der Waals surface area contributed by atoms with Gasteiger partial charge in [-0.05, 0) is 0 Å². The molecule has 0 unspecified atom stereocenters. The molecule has 56 valence electrons. The number of phosphoric acid groups is 1. The minimum absolute atomic E-state index is 3.58. The Morgan fingerprint density at radius 2 is 1.11 bits per heavy atom. The van der Waals surface area contributed by atoms with Gasteiger partial charge in [0.2, 0.25) is 0 Å². The fourth-order valence-electron chi connectivity index (χ4n) is 0. The van der Waals surface area contributed by atoms with E-state index in [4.69, 9.17) is 29.9 Å². The van der Waals surface area contributed by atoms with Crippen LogP contribution in [0.5, 0.6) is 0 Å². The van der Waals surface area contributed by atoms with Gasteiger partial charge in [0.1, 0.15) is 0 Å². The van der Waals surface area contributed by atoms with E-state index in [1.165, 1.54) is 0 Å². The van der Waals surface area contributed by atoms with E-state index in [-0.39, 0.29) is 0 Å². The molecule has 0 aromatic rings. The molecule has 0 saturated carbocycles. The molecule has 0 spiro atoms. The number of hydrogen-bond acceptors (Lipinski definition) is 2. The maximum absolute atomic E-state index is 8.88. The molecule has 0 saturated heterocycles. The average Bonchev–Trinajstić information content (AvgIpc) is 1.19. The molecule has 9 heteroatoms. The molecule has 0 bridgehead atoms. The van der Waals surface area contributed by atoms with Crippen LogP contribution in [0.15, 0.2) is 0 Å². The van der Waals surface area contributed by atoms with Crippen molar-refractivity contribution in [2.75, 3.05) is 0 Å². The summed E-state index contributed by atoms with van der Waals surface area (Å²) in [4.78, 5) is 21.6. The first-order valence-corrected chi connectivity index (χ1v) is 5.03. The summed E-state index contributed by atoms with van der Waals surface area (Å²) in [6.07, 6.45) is 0. The summed E-state index contributed by atoms with van der Waals surface area (Å²) in [5.74, 6) is 0. The normalized spacial score (nSPS) is 9.44. The predicted molar refractivity (Wildman–Crippen MR) is 19.4 cm³/mol. The van der Waals surface area contributed by atoms with Crippen LogP contribution >= 0.6 is 7.82 Å². The van der Waals surface area contributed by atoms with Crippen LogP contribution in [0.25, 0.3) is 0 Å². The monoisotopic (exact) mass is 196 g/mol. The van der Waals surface area contributed by atoms with Gasteiger partial charge >= 0.3 is 37.1 Å². The van der Waals surface area contributed by atoms with Crippen molar-refractivity contribution in [3.63, 3.8) is 0 Å². The van der Waals surface area contributed by atoms with Gasteiger partial charge in [-0.2, -0.15) is 0 Å². The average molecular weight is 196 g/mol. The molecule has 0 aromatic carbocycles. The summed E-state index contributed by atoms with van der Waals surface area (Å²) in [6, 6.07) is 0. The quantitative estimate of drug-likeness (QED) is 0.220. The van der Waals surface area contributed by atoms with E-state index in [2.05, 4.69) is 0 Å². The van der Waals surface area contributed by atoms with Gasteiger partial charge in [-0.3, -0.25) is 0 Å². The van der Waals surface area contributed by atoms with Gasteiger partial charge in [0, 0.05) is 0 Å². The van der Waals surface area contributed by atoms with Gasteiger partial charge in [-0.15, -0.1) is 0 Å². The summed E-state index contributed by atoms with van der Waals surface area (Å²) in [5.41, 5.74) is 0. The molecule has 0 rings (SSSR count). The van der Waals surface area contributed by atoms with E-state index in [9.17, 15) is 0 Å². The third-order valence-electron chi connectivity index (χ3n) is 0. The topological polar surface area (TPSA) is 135 Å². The summed E-state index contributed by atoms with van der Waals surface area (Å²) in [5, 5.41) is 0. The van der Waals surface area contributed by atoms with Crippen molar-refractivity contribution in [3.8, 4) is 0 Å². The molecule has 0 aromatic heterocycles. The fraction of sp³-hybridized carbons (Fsp3) is 0. The van der Waals surface area contributed by atoms with E-state index < -0.39 is 26.4 Å². The molecular formula is H5O7PTi. The third-order valence-corrected chi connectivity index (χ3v) is 0. The van der Waals surface area contributed by atoms with Crippen LogP contribution in [0.4, 0.5) is 0 Å². The van der Waals surface area contributed by atoms with Crippen LogP contribution in [0, 0.1) is 0 Å². The summed E-state index contributed by atoms with van der Waals surface area (Å²) in [7, 11) is -4.64. The standard InChI is InChI=1S/H3O4P.2H2O.O.Ti/c1-5(2,3)4;;;;/h(H3,1,2,3,4);2*1H2;;/q;;;;+2/p-2. The summed E-state index contributed by atoms with van der Waals surface area (Å²) < 4.78 is 32.1. The Kier molecular flexibility index (Phi) is 7.26. The van der Waals surface area contributed by atoms with Gasteiger partial charge in [-0.25, -0.2) is 4.57 Å². The number of rotatable bonds is 0. The zero-order chi connectivity index (χ0) is 8.08. The van der Waals surface area contributed by atoms with Gasteiger partial charge < -0.3 is 14.7 Å². The van der Waals surface area contributed by atoms with E-state index >= 15 is 0 Å². The Morgan fingerprint density at radius 1 is 1.11 bits per heavy atom. The molecule has 9 heavy (non-hydrogen) atoms. The molecule has 0 radical (unpaired) electrons. The molecule has 0 heterocycles. The Balaban J connectivity index is 0. The zero-order valence-corrected chi connectivity index (χ0v) is 6.46. The van der Waals surface area contributed by atoms with E-state index in [0.29, 0.717) is 0 Å². The molecule has 0 atom stereocenters. The van der Waals surface area contributed by atoms with Crippen molar-refractivity contribution in [2.24, 2.45) is 0 Å². The van der Waals surface area contributed by atoms with Crippen molar-refractivity contribution >= 4 is 7.82 Å². The fourth-order valence-corrected chi connectivity index (χ4v) is 0. The molecular weight excluding hydrogens is 191 g/mol. The minimum atomic E-state index is -4.64.